The Hall–Kier alpha value is -3.27. The van der Waals surface area contributed by atoms with Crippen LogP contribution in [0.3, 0.4) is 0 Å². The number of nitrogens with one attached hydrogen (secondary N) is 2. The van der Waals surface area contributed by atoms with Crippen molar-refractivity contribution in [2.24, 2.45) is 5.92 Å². The summed E-state index contributed by atoms with van der Waals surface area (Å²) in [5.41, 5.74) is 1.71. The van der Waals surface area contributed by atoms with Gasteiger partial charge < -0.3 is 20.1 Å². The highest BCUT2D eigenvalue weighted by molar-refractivity contribution is 6.31. The molecule has 1 saturated carbocycles. The van der Waals surface area contributed by atoms with Gasteiger partial charge in [0.05, 0.1) is 29.4 Å². The number of benzene rings is 2. The van der Waals surface area contributed by atoms with Crippen molar-refractivity contribution in [3.63, 3.8) is 0 Å². The maximum atomic E-state index is 13.7. The summed E-state index contributed by atoms with van der Waals surface area (Å²) in [6, 6.07) is 8.58. The Morgan fingerprint density at radius 2 is 2.05 bits per heavy atom. The second-order valence-corrected chi connectivity index (χ2v) is 10.9. The van der Waals surface area contributed by atoms with E-state index in [1.54, 1.807) is 24.3 Å². The number of fused-ring (bicyclic) bond motifs is 4. The van der Waals surface area contributed by atoms with E-state index in [0.717, 1.165) is 25.4 Å². The van der Waals surface area contributed by atoms with E-state index < -0.39 is 5.82 Å². The lowest BCUT2D eigenvalue weighted by Gasteiger charge is -2.45. The minimum atomic E-state index is -0.502. The van der Waals surface area contributed by atoms with Gasteiger partial charge in [0.2, 0.25) is 5.91 Å². The Morgan fingerprint density at radius 1 is 1.18 bits per heavy atom. The quantitative estimate of drug-likeness (QED) is 0.347. The van der Waals surface area contributed by atoms with Crippen molar-refractivity contribution >= 4 is 45.6 Å². The number of ether oxygens (including phenoxy) is 2. The maximum absolute atomic E-state index is 13.7. The molecule has 4 fully saturated rings. The molecule has 3 aromatic rings. The molecule has 1 amide bonds. The molecule has 1 aromatic heterocycles. The van der Waals surface area contributed by atoms with Crippen molar-refractivity contribution in [3.8, 4) is 5.75 Å². The lowest BCUT2D eigenvalue weighted by atomic mass is 9.80. The van der Waals surface area contributed by atoms with Crippen molar-refractivity contribution in [2.75, 3.05) is 36.9 Å². The standard InChI is InChI=1S/C29H31ClFN5O3/c30-23-12-19(5-8-24(23)31)34-29-22-13-26(27(14-25(22)32-17-33-29)39-21-9-11-38-16-21)35-28(37)2-1-10-36-15-18-3-6-20(36)7-4-18/h1-2,5,8,12-14,17-18,20-21H,3-4,6-7,9-11,15-16H2,(H,35,37)(H,32,33,34)/b2-1+/t18?,20?,21-/m0/s1. The van der Waals surface area contributed by atoms with Crippen LogP contribution in [0.5, 0.6) is 5.75 Å². The van der Waals surface area contributed by atoms with E-state index in [9.17, 15) is 9.18 Å². The summed E-state index contributed by atoms with van der Waals surface area (Å²) in [7, 11) is 0. The first-order valence-electron chi connectivity index (χ1n) is 13.5. The van der Waals surface area contributed by atoms with Crippen LogP contribution in [-0.2, 0) is 9.53 Å². The smallest absolute Gasteiger partial charge is 0.248 e. The number of anilines is 3. The number of rotatable bonds is 8. The average Bonchev–Trinajstić information content (AvgIpc) is 3.45. The van der Waals surface area contributed by atoms with Gasteiger partial charge in [0.15, 0.2) is 0 Å². The molecule has 2 bridgehead atoms. The molecule has 0 radical (unpaired) electrons. The molecule has 2 N–H and O–H groups in total. The number of nitrogens with zero attached hydrogens (tertiary/aromatic N) is 3. The number of aromatic nitrogens is 2. The molecule has 1 aliphatic carbocycles. The SMILES string of the molecule is O=C(/C=C/CN1CC2CCC1CC2)Nc1cc2c(Nc3ccc(F)c(Cl)c3)ncnc2cc1O[C@H]1CCOC1. The molecule has 204 valence electrons. The Bertz CT molecular complexity index is 1390. The van der Waals surface area contributed by atoms with Crippen molar-refractivity contribution < 1.29 is 18.7 Å². The number of carbonyl (C=O) groups excluding carboxylic acids is 1. The van der Waals surface area contributed by atoms with Crippen molar-refractivity contribution in [1.29, 1.82) is 0 Å². The van der Waals surface area contributed by atoms with E-state index in [1.165, 1.54) is 44.1 Å². The van der Waals surface area contributed by atoms with Gasteiger partial charge in [-0.2, -0.15) is 0 Å². The van der Waals surface area contributed by atoms with Crippen LogP contribution in [0.1, 0.15) is 32.1 Å². The van der Waals surface area contributed by atoms with Crippen LogP contribution < -0.4 is 15.4 Å². The lowest BCUT2D eigenvalue weighted by Crippen LogP contribution is -2.47. The van der Waals surface area contributed by atoms with Gasteiger partial charge in [-0.15, -0.1) is 0 Å². The summed E-state index contributed by atoms with van der Waals surface area (Å²) in [5.74, 6) is 1.07. The van der Waals surface area contributed by atoms with E-state index in [0.29, 0.717) is 53.1 Å². The van der Waals surface area contributed by atoms with E-state index >= 15 is 0 Å². The second-order valence-electron chi connectivity index (χ2n) is 10.5. The van der Waals surface area contributed by atoms with Crippen LogP contribution in [0.4, 0.5) is 21.6 Å². The highest BCUT2D eigenvalue weighted by atomic mass is 35.5. The van der Waals surface area contributed by atoms with Crippen LogP contribution in [0.15, 0.2) is 48.8 Å². The molecule has 8 nitrogen and oxygen atoms in total. The lowest BCUT2D eigenvalue weighted by molar-refractivity contribution is -0.112. The van der Waals surface area contributed by atoms with E-state index in [2.05, 4.69) is 25.5 Å². The van der Waals surface area contributed by atoms with Crippen molar-refractivity contribution in [3.05, 3.63) is 59.7 Å². The van der Waals surface area contributed by atoms with Crippen molar-refractivity contribution in [1.82, 2.24) is 14.9 Å². The molecular weight excluding hydrogens is 521 g/mol. The van der Waals surface area contributed by atoms with Crippen LogP contribution in [0, 0.1) is 11.7 Å². The zero-order valence-corrected chi connectivity index (χ0v) is 22.3. The average molecular weight is 552 g/mol. The van der Waals surface area contributed by atoms with Gasteiger partial charge in [0.25, 0.3) is 0 Å². The van der Waals surface area contributed by atoms with Gasteiger partial charge in [-0.25, -0.2) is 14.4 Å². The third kappa shape index (κ3) is 6.00. The largest absolute Gasteiger partial charge is 0.486 e. The Kier molecular flexibility index (Phi) is 7.63. The number of amides is 1. The number of hydrogen-bond acceptors (Lipinski definition) is 7. The van der Waals surface area contributed by atoms with E-state index in [4.69, 9.17) is 21.1 Å². The Balaban J connectivity index is 1.24. The highest BCUT2D eigenvalue weighted by Crippen LogP contribution is 2.36. The molecule has 4 aliphatic rings. The van der Waals surface area contributed by atoms with Crippen LogP contribution in [0.2, 0.25) is 5.02 Å². The van der Waals surface area contributed by atoms with Gasteiger partial charge in [0, 0.05) is 48.8 Å². The second kappa shape index (κ2) is 11.5. The topological polar surface area (TPSA) is 88.6 Å². The number of hydrogen-bond donors (Lipinski definition) is 2. The summed E-state index contributed by atoms with van der Waals surface area (Å²) in [5, 5.41) is 6.84. The van der Waals surface area contributed by atoms with Crippen molar-refractivity contribution in [2.45, 2.75) is 44.2 Å². The molecule has 7 rings (SSSR count). The van der Waals surface area contributed by atoms with Crippen LogP contribution in [-0.4, -0.2) is 59.2 Å². The van der Waals surface area contributed by atoms with Crippen LogP contribution in [0.25, 0.3) is 10.9 Å². The molecule has 39 heavy (non-hydrogen) atoms. The Morgan fingerprint density at radius 3 is 2.79 bits per heavy atom. The van der Waals surface area contributed by atoms with E-state index in [-0.39, 0.29) is 17.0 Å². The van der Waals surface area contributed by atoms with Gasteiger partial charge in [0.1, 0.15) is 29.8 Å². The van der Waals surface area contributed by atoms with Gasteiger partial charge in [-0.1, -0.05) is 17.7 Å². The third-order valence-electron chi connectivity index (χ3n) is 7.79. The first kappa shape index (κ1) is 26.0. The fourth-order valence-electron chi connectivity index (χ4n) is 5.74. The molecule has 3 aliphatic heterocycles. The Labute approximate surface area is 231 Å². The minimum absolute atomic E-state index is 0.00459. The van der Waals surface area contributed by atoms with Gasteiger partial charge >= 0.3 is 0 Å². The molecule has 4 heterocycles. The van der Waals surface area contributed by atoms with Gasteiger partial charge in [-0.3, -0.25) is 9.69 Å². The molecule has 1 atom stereocenters. The summed E-state index contributed by atoms with van der Waals surface area (Å²) < 4.78 is 25.3. The third-order valence-corrected chi connectivity index (χ3v) is 8.08. The zero-order chi connectivity index (χ0) is 26.8. The number of piperidine rings is 2. The first-order chi connectivity index (χ1) is 19.0. The summed E-state index contributed by atoms with van der Waals surface area (Å²) in [4.78, 5) is 24.3. The summed E-state index contributed by atoms with van der Waals surface area (Å²) in [6.07, 6.45) is 10.8. The maximum Gasteiger partial charge on any atom is 0.248 e. The molecule has 0 spiro atoms. The minimum Gasteiger partial charge on any atom is -0.486 e. The zero-order valence-electron chi connectivity index (χ0n) is 21.5. The monoisotopic (exact) mass is 551 g/mol. The molecule has 3 saturated heterocycles. The highest BCUT2D eigenvalue weighted by Gasteiger charge is 2.32. The fraction of sp³-hybridized carbons (Fsp3) is 0.414. The predicted molar refractivity (Wildman–Crippen MR) is 149 cm³/mol. The molecule has 0 unspecified atom stereocenters. The fourth-order valence-corrected chi connectivity index (χ4v) is 5.92. The summed E-state index contributed by atoms with van der Waals surface area (Å²) in [6.45, 7) is 3.03. The molecular formula is C29H31ClFN5O3. The first-order valence-corrected chi connectivity index (χ1v) is 13.9. The molecule has 2 aromatic carbocycles. The summed E-state index contributed by atoms with van der Waals surface area (Å²) >= 11 is 5.96. The number of carbonyl (C=O) groups is 1. The van der Waals surface area contributed by atoms with E-state index in [1.807, 2.05) is 6.08 Å². The normalized spacial score (nSPS) is 23.0. The van der Waals surface area contributed by atoms with Gasteiger partial charge in [-0.05, 0) is 55.9 Å². The predicted octanol–water partition coefficient (Wildman–Crippen LogP) is 5.70. The van der Waals surface area contributed by atoms with Crippen LogP contribution >= 0.6 is 11.6 Å². The molecule has 10 heteroatoms. The number of halogens is 2.